The second-order valence-electron chi connectivity index (χ2n) is 4.80. The van der Waals surface area contributed by atoms with Crippen molar-refractivity contribution >= 4 is 5.91 Å². The van der Waals surface area contributed by atoms with Gasteiger partial charge in [-0.2, -0.15) is 0 Å². The molecule has 0 radical (unpaired) electrons. The van der Waals surface area contributed by atoms with E-state index in [1.807, 2.05) is 0 Å². The van der Waals surface area contributed by atoms with E-state index in [2.05, 4.69) is 21.5 Å². The van der Waals surface area contributed by atoms with Gasteiger partial charge in [-0.3, -0.25) is 9.69 Å². The third kappa shape index (κ3) is 2.99. The quantitative estimate of drug-likeness (QED) is 0.674. The van der Waals surface area contributed by atoms with Crippen LogP contribution in [0.5, 0.6) is 0 Å². The normalized spacial score (nSPS) is 26.6. The van der Waals surface area contributed by atoms with Gasteiger partial charge >= 0.3 is 0 Å². The van der Waals surface area contributed by atoms with E-state index in [0.717, 1.165) is 45.3 Å². The zero-order valence-electron chi connectivity index (χ0n) is 10.2. The van der Waals surface area contributed by atoms with E-state index >= 15 is 0 Å². The number of amides is 1. The molecule has 2 rings (SSSR count). The van der Waals surface area contributed by atoms with E-state index in [4.69, 9.17) is 6.42 Å². The van der Waals surface area contributed by atoms with E-state index in [1.54, 1.807) is 0 Å². The molecule has 2 aliphatic rings. The number of likely N-dealkylation sites (tertiary alicyclic amines) is 1. The fourth-order valence-corrected chi connectivity index (χ4v) is 2.90. The maximum Gasteiger partial charge on any atom is 0.238 e. The van der Waals surface area contributed by atoms with Crippen molar-refractivity contribution in [1.29, 1.82) is 0 Å². The van der Waals surface area contributed by atoms with Gasteiger partial charge in [0.2, 0.25) is 5.91 Å². The largest absolute Gasteiger partial charge is 0.344 e. The van der Waals surface area contributed by atoms with Gasteiger partial charge in [-0.05, 0) is 45.3 Å². The van der Waals surface area contributed by atoms with Crippen LogP contribution in [-0.2, 0) is 4.79 Å². The Morgan fingerprint density at radius 2 is 2.18 bits per heavy atom. The molecule has 94 valence electrons. The number of terminal acetylenes is 1. The second-order valence-corrected chi connectivity index (χ2v) is 4.80. The second kappa shape index (κ2) is 6.04. The lowest BCUT2D eigenvalue weighted by Crippen LogP contribution is -2.50. The minimum Gasteiger partial charge on any atom is -0.344 e. The maximum atomic E-state index is 12.0. The van der Waals surface area contributed by atoms with Crippen LogP contribution in [0.2, 0.25) is 0 Å². The topological polar surface area (TPSA) is 44.4 Å². The van der Waals surface area contributed by atoms with E-state index < -0.39 is 0 Å². The molecule has 0 spiro atoms. The molecule has 1 amide bonds. The summed E-state index contributed by atoms with van der Waals surface area (Å²) in [6, 6.07) is 0.617. The number of carbonyl (C=O) groups excluding carboxylic acids is 1. The Bertz CT molecular complexity index is 304. The summed E-state index contributed by atoms with van der Waals surface area (Å²) in [4.78, 5) is 14.4. The van der Waals surface area contributed by atoms with Crippen LogP contribution < -0.4 is 10.6 Å². The van der Waals surface area contributed by atoms with Crippen LogP contribution >= 0.6 is 0 Å². The third-order valence-electron chi connectivity index (χ3n) is 3.74. The molecule has 1 atom stereocenters. The van der Waals surface area contributed by atoms with Crippen LogP contribution in [0, 0.1) is 12.3 Å². The number of nitrogens with one attached hydrogen (secondary N) is 2. The van der Waals surface area contributed by atoms with Gasteiger partial charge in [0.25, 0.3) is 0 Å². The molecule has 0 aromatic carbocycles. The molecular weight excluding hydrogens is 214 g/mol. The van der Waals surface area contributed by atoms with Crippen LogP contribution in [0.3, 0.4) is 0 Å². The monoisotopic (exact) mass is 235 g/mol. The van der Waals surface area contributed by atoms with Gasteiger partial charge in [-0.15, -0.1) is 6.42 Å². The van der Waals surface area contributed by atoms with Gasteiger partial charge in [0.15, 0.2) is 0 Å². The minimum absolute atomic E-state index is 0.0476. The average molecular weight is 235 g/mol. The van der Waals surface area contributed by atoms with Crippen LogP contribution in [-0.4, -0.2) is 49.1 Å². The maximum absolute atomic E-state index is 12.0. The van der Waals surface area contributed by atoms with E-state index in [1.165, 1.54) is 0 Å². The first-order valence-electron chi connectivity index (χ1n) is 6.50. The average Bonchev–Trinajstić information content (AvgIpc) is 2.86. The molecule has 2 heterocycles. The van der Waals surface area contributed by atoms with Crippen molar-refractivity contribution in [1.82, 2.24) is 15.5 Å². The van der Waals surface area contributed by atoms with Gasteiger partial charge in [-0.25, -0.2) is 0 Å². The van der Waals surface area contributed by atoms with E-state index in [0.29, 0.717) is 12.6 Å². The van der Waals surface area contributed by atoms with Crippen LogP contribution in [0.4, 0.5) is 0 Å². The van der Waals surface area contributed by atoms with Crippen molar-refractivity contribution in [3.05, 3.63) is 0 Å². The van der Waals surface area contributed by atoms with E-state index in [9.17, 15) is 4.79 Å². The Morgan fingerprint density at radius 3 is 2.88 bits per heavy atom. The lowest BCUT2D eigenvalue weighted by Gasteiger charge is -2.35. The molecule has 4 heteroatoms. The lowest BCUT2D eigenvalue weighted by atomic mass is 10.0. The summed E-state index contributed by atoms with van der Waals surface area (Å²) in [5.41, 5.74) is 0. The summed E-state index contributed by atoms with van der Waals surface area (Å²) in [6.07, 6.45) is 9.57. The smallest absolute Gasteiger partial charge is 0.238 e. The SMILES string of the molecule is C#CCNC(=O)C1CCCN1C1CCNCC1. The van der Waals surface area contributed by atoms with Crippen LogP contribution in [0.1, 0.15) is 25.7 Å². The molecule has 0 aliphatic carbocycles. The number of nitrogens with zero attached hydrogens (tertiary/aromatic N) is 1. The van der Waals surface area contributed by atoms with Crippen LogP contribution in [0.15, 0.2) is 0 Å². The minimum atomic E-state index is 0.0476. The summed E-state index contributed by atoms with van der Waals surface area (Å²) in [5, 5.41) is 6.17. The molecule has 2 N–H and O–H groups in total. The number of piperidine rings is 1. The zero-order valence-corrected chi connectivity index (χ0v) is 10.2. The Balaban J connectivity index is 1.92. The fourth-order valence-electron chi connectivity index (χ4n) is 2.90. The molecule has 17 heavy (non-hydrogen) atoms. The number of hydrogen-bond donors (Lipinski definition) is 2. The number of hydrogen-bond acceptors (Lipinski definition) is 3. The first-order chi connectivity index (χ1) is 8.33. The Hall–Kier alpha value is -1.05. The molecular formula is C13H21N3O. The van der Waals surface area contributed by atoms with Crippen molar-refractivity contribution in [3.63, 3.8) is 0 Å². The molecule has 2 aliphatic heterocycles. The Morgan fingerprint density at radius 1 is 1.41 bits per heavy atom. The predicted molar refractivity (Wildman–Crippen MR) is 67.5 cm³/mol. The summed E-state index contributed by atoms with van der Waals surface area (Å²) in [6.45, 7) is 3.54. The molecule has 0 saturated carbocycles. The standard InChI is InChI=1S/C13H21N3O/c1-2-7-15-13(17)12-4-3-10-16(12)11-5-8-14-9-6-11/h1,11-12,14H,3-10H2,(H,15,17). The summed E-state index contributed by atoms with van der Waals surface area (Å²) >= 11 is 0. The summed E-state index contributed by atoms with van der Waals surface area (Å²) in [5.74, 6) is 2.57. The Labute approximate surface area is 103 Å². The van der Waals surface area contributed by atoms with Crippen molar-refractivity contribution in [2.45, 2.75) is 37.8 Å². The molecule has 0 bridgehead atoms. The molecule has 0 aromatic heterocycles. The first-order valence-corrected chi connectivity index (χ1v) is 6.50. The fraction of sp³-hybridized carbons (Fsp3) is 0.769. The lowest BCUT2D eigenvalue weighted by molar-refractivity contribution is -0.126. The first kappa shape index (κ1) is 12.4. The predicted octanol–water partition coefficient (Wildman–Crippen LogP) is -0.0478. The van der Waals surface area contributed by atoms with Crippen LogP contribution in [0.25, 0.3) is 0 Å². The number of carbonyl (C=O) groups is 1. The zero-order chi connectivity index (χ0) is 12.1. The molecule has 2 saturated heterocycles. The molecule has 4 nitrogen and oxygen atoms in total. The number of rotatable bonds is 3. The van der Waals surface area contributed by atoms with Gasteiger partial charge in [0, 0.05) is 6.04 Å². The highest BCUT2D eigenvalue weighted by Crippen LogP contribution is 2.24. The van der Waals surface area contributed by atoms with Gasteiger partial charge in [0.05, 0.1) is 12.6 Å². The molecule has 0 aromatic rings. The van der Waals surface area contributed by atoms with Crippen molar-refractivity contribution < 1.29 is 4.79 Å². The van der Waals surface area contributed by atoms with Crippen molar-refractivity contribution in [2.75, 3.05) is 26.2 Å². The van der Waals surface area contributed by atoms with Gasteiger partial charge in [-0.1, -0.05) is 5.92 Å². The third-order valence-corrected chi connectivity index (χ3v) is 3.74. The Kier molecular flexibility index (Phi) is 4.41. The van der Waals surface area contributed by atoms with Crippen molar-refractivity contribution in [3.8, 4) is 12.3 Å². The molecule has 2 fully saturated rings. The summed E-state index contributed by atoms with van der Waals surface area (Å²) in [7, 11) is 0. The highest BCUT2D eigenvalue weighted by molar-refractivity contribution is 5.82. The highest BCUT2D eigenvalue weighted by Gasteiger charge is 2.35. The van der Waals surface area contributed by atoms with Gasteiger partial charge in [0.1, 0.15) is 0 Å². The highest BCUT2D eigenvalue weighted by atomic mass is 16.2. The van der Waals surface area contributed by atoms with Gasteiger partial charge < -0.3 is 10.6 Å². The summed E-state index contributed by atoms with van der Waals surface area (Å²) < 4.78 is 0. The molecule has 1 unspecified atom stereocenters. The van der Waals surface area contributed by atoms with E-state index in [-0.39, 0.29) is 11.9 Å². The van der Waals surface area contributed by atoms with Crippen molar-refractivity contribution in [2.24, 2.45) is 0 Å².